The Morgan fingerprint density at radius 2 is 0.818 bits per heavy atom. The van der Waals surface area contributed by atoms with Gasteiger partial charge in [-0.25, -0.2) is 4.79 Å². The van der Waals surface area contributed by atoms with E-state index in [1.165, 1.54) is 32.3 Å². The molecule has 33 heavy (non-hydrogen) atoms. The Labute approximate surface area is 189 Å². The first-order valence-electron chi connectivity index (χ1n) is 11.1. The zero-order valence-corrected chi connectivity index (χ0v) is 17.7. The number of benzene rings is 6. The molecule has 0 amide bonds. The van der Waals surface area contributed by atoms with Gasteiger partial charge in [-0.2, -0.15) is 0 Å². The molecule has 0 saturated carbocycles. The van der Waals surface area contributed by atoms with Gasteiger partial charge in [0.25, 0.3) is 0 Å². The van der Waals surface area contributed by atoms with Crippen molar-refractivity contribution in [2.75, 3.05) is 0 Å². The first-order chi connectivity index (χ1) is 16.3. The zero-order valence-electron chi connectivity index (χ0n) is 17.7. The van der Waals surface area contributed by atoms with E-state index in [2.05, 4.69) is 78.9 Å². The van der Waals surface area contributed by atoms with Gasteiger partial charge in [0, 0.05) is 5.39 Å². The average Bonchev–Trinajstić information content (AvgIpc) is 2.88. The second-order valence-corrected chi connectivity index (χ2v) is 8.50. The molecule has 0 bridgehead atoms. The first kappa shape index (κ1) is 18.2. The van der Waals surface area contributed by atoms with Crippen molar-refractivity contribution in [3.05, 3.63) is 120 Å². The van der Waals surface area contributed by atoms with Crippen LogP contribution < -0.4 is 5.63 Å². The van der Waals surface area contributed by atoms with E-state index < -0.39 is 0 Å². The normalized spacial score (nSPS) is 11.8. The third-order valence-electron chi connectivity index (χ3n) is 6.70. The Morgan fingerprint density at radius 3 is 1.42 bits per heavy atom. The highest BCUT2D eigenvalue weighted by molar-refractivity contribution is 6.25. The topological polar surface area (TPSA) is 30.2 Å². The van der Waals surface area contributed by atoms with Crippen LogP contribution in [0.15, 0.2) is 118 Å². The molecule has 0 aliphatic heterocycles. The molecule has 6 aromatic carbocycles. The van der Waals surface area contributed by atoms with Crippen molar-refractivity contribution in [2.24, 2.45) is 0 Å². The van der Waals surface area contributed by atoms with Gasteiger partial charge in [-0.15, -0.1) is 0 Å². The van der Waals surface area contributed by atoms with Crippen molar-refractivity contribution in [3.63, 3.8) is 0 Å². The summed E-state index contributed by atoms with van der Waals surface area (Å²) in [6, 6.07) is 37.5. The van der Waals surface area contributed by atoms with Crippen LogP contribution in [0.2, 0.25) is 0 Å². The maximum absolute atomic E-state index is 12.5. The SMILES string of the molecule is O=c1oc2cc(-c3ccc4c5ccccc5c5ccccc5c4c3)ccc2c2ccccc12. The highest BCUT2D eigenvalue weighted by Gasteiger charge is 2.11. The first-order valence-corrected chi connectivity index (χ1v) is 11.1. The Morgan fingerprint density at radius 1 is 0.394 bits per heavy atom. The van der Waals surface area contributed by atoms with E-state index in [1.807, 2.05) is 30.3 Å². The molecule has 7 rings (SSSR count). The second-order valence-electron chi connectivity index (χ2n) is 8.50. The fourth-order valence-corrected chi connectivity index (χ4v) is 5.15. The highest BCUT2D eigenvalue weighted by atomic mass is 16.4. The van der Waals surface area contributed by atoms with E-state index >= 15 is 0 Å². The number of rotatable bonds is 1. The molecule has 0 aliphatic carbocycles. The van der Waals surface area contributed by atoms with Crippen molar-refractivity contribution in [2.45, 2.75) is 0 Å². The summed E-state index contributed by atoms with van der Waals surface area (Å²) in [6.07, 6.45) is 0. The Bertz CT molecular complexity index is 1910. The molecule has 154 valence electrons. The lowest BCUT2D eigenvalue weighted by Gasteiger charge is -2.12. The van der Waals surface area contributed by atoms with Crippen LogP contribution in [0, 0.1) is 0 Å². The van der Waals surface area contributed by atoms with E-state index in [9.17, 15) is 4.79 Å². The average molecular weight is 422 g/mol. The highest BCUT2D eigenvalue weighted by Crippen LogP contribution is 2.37. The number of hydrogen-bond acceptors (Lipinski definition) is 2. The molecular weight excluding hydrogens is 404 g/mol. The Balaban J connectivity index is 1.52. The molecule has 0 spiro atoms. The molecule has 1 aromatic heterocycles. The van der Waals surface area contributed by atoms with Gasteiger partial charge in [0.15, 0.2) is 0 Å². The summed E-state index contributed by atoms with van der Waals surface area (Å²) < 4.78 is 5.70. The molecule has 0 aliphatic rings. The lowest BCUT2D eigenvalue weighted by molar-refractivity contribution is 0.570. The summed E-state index contributed by atoms with van der Waals surface area (Å²) >= 11 is 0. The van der Waals surface area contributed by atoms with Crippen molar-refractivity contribution in [1.29, 1.82) is 0 Å². The summed E-state index contributed by atoms with van der Waals surface area (Å²) in [5.74, 6) is 0. The van der Waals surface area contributed by atoms with E-state index in [0.717, 1.165) is 21.9 Å². The van der Waals surface area contributed by atoms with Crippen LogP contribution >= 0.6 is 0 Å². The van der Waals surface area contributed by atoms with Gasteiger partial charge >= 0.3 is 5.63 Å². The van der Waals surface area contributed by atoms with Crippen LogP contribution in [-0.4, -0.2) is 0 Å². The standard InChI is InChI=1S/C31H18O2/c32-31-28-12-6-5-11-25(28)27-16-14-20(18-30(27)33-31)19-13-15-26-23-9-2-1-7-21(23)22-8-3-4-10-24(22)29(26)17-19/h1-18H. The molecule has 7 aromatic rings. The van der Waals surface area contributed by atoms with Crippen LogP contribution in [-0.2, 0) is 0 Å². The minimum absolute atomic E-state index is 0.300. The van der Waals surface area contributed by atoms with Crippen LogP contribution in [0.1, 0.15) is 0 Å². The predicted octanol–water partition coefficient (Wildman–Crippen LogP) is 8.07. The van der Waals surface area contributed by atoms with Crippen molar-refractivity contribution < 1.29 is 4.42 Å². The smallest absolute Gasteiger partial charge is 0.344 e. The Hall–Kier alpha value is -4.43. The largest absolute Gasteiger partial charge is 0.422 e. The van der Waals surface area contributed by atoms with Gasteiger partial charge in [0.05, 0.1) is 5.39 Å². The number of fused-ring (bicyclic) bond motifs is 9. The summed E-state index contributed by atoms with van der Waals surface area (Å²) in [4.78, 5) is 12.5. The lowest BCUT2D eigenvalue weighted by Crippen LogP contribution is -1.99. The fraction of sp³-hybridized carbons (Fsp3) is 0. The molecule has 0 atom stereocenters. The maximum atomic E-state index is 12.5. The van der Waals surface area contributed by atoms with Gasteiger partial charge < -0.3 is 4.42 Å². The summed E-state index contributed by atoms with van der Waals surface area (Å²) in [5, 5.41) is 9.98. The van der Waals surface area contributed by atoms with Gasteiger partial charge in [0.1, 0.15) is 5.58 Å². The number of hydrogen-bond donors (Lipinski definition) is 0. The molecule has 0 radical (unpaired) electrons. The minimum Gasteiger partial charge on any atom is -0.422 e. The molecule has 0 unspecified atom stereocenters. The van der Waals surface area contributed by atoms with Gasteiger partial charge in [-0.1, -0.05) is 84.9 Å². The molecular formula is C31H18O2. The molecule has 2 heteroatoms. The third-order valence-corrected chi connectivity index (χ3v) is 6.70. The van der Waals surface area contributed by atoms with Crippen molar-refractivity contribution in [3.8, 4) is 11.1 Å². The minimum atomic E-state index is -0.300. The van der Waals surface area contributed by atoms with E-state index in [0.29, 0.717) is 11.0 Å². The Kier molecular flexibility index (Phi) is 3.73. The van der Waals surface area contributed by atoms with Crippen LogP contribution in [0.3, 0.4) is 0 Å². The molecule has 2 nitrogen and oxygen atoms in total. The molecule has 0 saturated heterocycles. The quantitative estimate of drug-likeness (QED) is 0.198. The fourth-order valence-electron chi connectivity index (χ4n) is 5.15. The third kappa shape index (κ3) is 2.64. The van der Waals surface area contributed by atoms with E-state index in [4.69, 9.17) is 4.42 Å². The van der Waals surface area contributed by atoms with Crippen LogP contribution in [0.5, 0.6) is 0 Å². The predicted molar refractivity (Wildman–Crippen MR) is 138 cm³/mol. The maximum Gasteiger partial charge on any atom is 0.344 e. The van der Waals surface area contributed by atoms with E-state index in [-0.39, 0.29) is 5.63 Å². The summed E-state index contributed by atoms with van der Waals surface area (Å²) in [6.45, 7) is 0. The zero-order chi connectivity index (χ0) is 21.9. The summed E-state index contributed by atoms with van der Waals surface area (Å²) in [5.41, 5.74) is 2.44. The molecule has 0 N–H and O–H groups in total. The van der Waals surface area contributed by atoms with Gasteiger partial charge in [-0.3, -0.25) is 0 Å². The van der Waals surface area contributed by atoms with Crippen molar-refractivity contribution in [1.82, 2.24) is 0 Å². The molecule has 0 fully saturated rings. The van der Waals surface area contributed by atoms with Gasteiger partial charge in [0.2, 0.25) is 0 Å². The van der Waals surface area contributed by atoms with Gasteiger partial charge in [-0.05, 0) is 73.1 Å². The van der Waals surface area contributed by atoms with E-state index in [1.54, 1.807) is 0 Å². The van der Waals surface area contributed by atoms with Crippen LogP contribution in [0.4, 0.5) is 0 Å². The lowest BCUT2D eigenvalue weighted by atomic mass is 9.92. The van der Waals surface area contributed by atoms with Crippen molar-refractivity contribution >= 4 is 54.1 Å². The molecule has 1 heterocycles. The second kappa shape index (κ2) is 6.78. The van der Waals surface area contributed by atoms with Crippen LogP contribution in [0.25, 0.3) is 65.2 Å². The monoisotopic (exact) mass is 422 g/mol. The summed E-state index contributed by atoms with van der Waals surface area (Å²) in [7, 11) is 0.